The number of allylic oxidation sites excluding steroid dienone is 2. The quantitative estimate of drug-likeness (QED) is 0.457. The highest BCUT2D eigenvalue weighted by atomic mass is 16.5. The second-order valence-electron chi connectivity index (χ2n) is 8.59. The number of fused-ring (bicyclic) bond motifs is 4. The van der Waals surface area contributed by atoms with Crippen LogP contribution >= 0.6 is 0 Å². The van der Waals surface area contributed by atoms with E-state index in [1.165, 1.54) is 0 Å². The number of carbonyl (C=O) groups excluding carboxylic acids is 2. The third kappa shape index (κ3) is 2.13. The van der Waals surface area contributed by atoms with Gasteiger partial charge in [-0.25, -0.2) is 0 Å². The summed E-state index contributed by atoms with van der Waals surface area (Å²) in [5.41, 5.74) is 0.996. The van der Waals surface area contributed by atoms with Crippen LogP contribution in [0.1, 0.15) is 25.3 Å². The number of rotatable bonds is 4. The Morgan fingerprint density at radius 2 is 1.76 bits per heavy atom. The van der Waals surface area contributed by atoms with Crippen LogP contribution in [0, 0.1) is 29.1 Å². The van der Waals surface area contributed by atoms with Gasteiger partial charge in [-0.15, -0.1) is 0 Å². The third-order valence-corrected chi connectivity index (χ3v) is 7.36. The van der Waals surface area contributed by atoms with Gasteiger partial charge in [0.2, 0.25) is 0 Å². The van der Waals surface area contributed by atoms with Gasteiger partial charge in [0.15, 0.2) is 0 Å². The van der Waals surface area contributed by atoms with E-state index in [0.29, 0.717) is 12.4 Å². The lowest BCUT2D eigenvalue weighted by molar-refractivity contribution is -0.141. The summed E-state index contributed by atoms with van der Waals surface area (Å²) in [7, 11) is 0. The maximum Gasteiger partial charge on any atom is 0.254 e. The molecular weight excluding hydrogens is 364 g/mol. The first kappa shape index (κ1) is 17.0. The molecule has 2 saturated carbocycles. The topological polar surface area (TPSA) is 59.0 Å². The summed E-state index contributed by atoms with van der Waals surface area (Å²) >= 11 is 0. The monoisotopic (exact) mass is 386 g/mol. The third-order valence-electron chi connectivity index (χ3n) is 7.36. The molecule has 2 aromatic rings. The number of carbonyl (C=O) groups is 2. The number of hydrazone groups is 1. The fourth-order valence-electron chi connectivity index (χ4n) is 5.98. The van der Waals surface area contributed by atoms with Gasteiger partial charge in [0.05, 0.1) is 24.7 Å². The van der Waals surface area contributed by atoms with Crippen LogP contribution < -0.4 is 4.74 Å². The first-order valence-electron chi connectivity index (χ1n) is 10.4. The van der Waals surface area contributed by atoms with Crippen LogP contribution in [0.15, 0.2) is 53.7 Å². The molecule has 5 heteroatoms. The highest BCUT2D eigenvalue weighted by molar-refractivity contribution is 6.08. The molecule has 2 amide bonds. The zero-order valence-electron chi connectivity index (χ0n) is 16.2. The molecule has 1 heterocycles. The summed E-state index contributed by atoms with van der Waals surface area (Å²) in [6.45, 7) is 2.46. The zero-order chi connectivity index (χ0) is 19.8. The van der Waals surface area contributed by atoms with Gasteiger partial charge in [-0.05, 0) is 53.9 Å². The molecule has 4 atom stereocenters. The van der Waals surface area contributed by atoms with Gasteiger partial charge < -0.3 is 4.74 Å². The molecule has 1 aliphatic heterocycles. The van der Waals surface area contributed by atoms with Gasteiger partial charge in [-0.3, -0.25) is 9.59 Å². The van der Waals surface area contributed by atoms with Crippen molar-refractivity contribution < 1.29 is 14.3 Å². The fourth-order valence-corrected chi connectivity index (χ4v) is 5.98. The van der Waals surface area contributed by atoms with Crippen molar-refractivity contribution in [1.82, 2.24) is 5.01 Å². The predicted molar refractivity (Wildman–Crippen MR) is 109 cm³/mol. The smallest absolute Gasteiger partial charge is 0.254 e. The molecule has 2 bridgehead atoms. The molecular formula is C24H22N2O3. The Kier molecular flexibility index (Phi) is 3.38. The van der Waals surface area contributed by atoms with Crippen molar-refractivity contribution in [3.63, 3.8) is 0 Å². The van der Waals surface area contributed by atoms with Crippen LogP contribution in [0.4, 0.5) is 0 Å². The average Bonchev–Trinajstić information content (AvgIpc) is 3.34. The number of ether oxygens (including phenoxy) is 1. The SMILES string of the molecule is CCOc1ccc2ccccc2c1/C=N\N1C(=O)[C@@H]2[C@H](C1=O)[C@H]1C=C[C@@H]2C12CC2. The minimum Gasteiger partial charge on any atom is -0.493 e. The molecule has 0 N–H and O–H groups in total. The largest absolute Gasteiger partial charge is 0.493 e. The van der Waals surface area contributed by atoms with Crippen molar-refractivity contribution in [2.75, 3.05) is 6.61 Å². The molecule has 0 unspecified atom stereocenters. The van der Waals surface area contributed by atoms with E-state index in [1.807, 2.05) is 43.3 Å². The van der Waals surface area contributed by atoms with Crippen molar-refractivity contribution in [1.29, 1.82) is 0 Å². The number of hydrogen-bond acceptors (Lipinski definition) is 4. The second kappa shape index (κ2) is 5.78. The number of hydrogen-bond donors (Lipinski definition) is 0. The normalized spacial score (nSPS) is 30.9. The van der Waals surface area contributed by atoms with Crippen molar-refractivity contribution in [3.05, 3.63) is 54.1 Å². The Morgan fingerprint density at radius 3 is 2.41 bits per heavy atom. The molecule has 0 radical (unpaired) electrons. The van der Waals surface area contributed by atoms with E-state index in [2.05, 4.69) is 17.3 Å². The van der Waals surface area contributed by atoms with Gasteiger partial charge in [0.1, 0.15) is 5.75 Å². The Morgan fingerprint density at radius 1 is 1.07 bits per heavy atom. The van der Waals surface area contributed by atoms with E-state index in [9.17, 15) is 9.59 Å². The molecule has 5 nitrogen and oxygen atoms in total. The lowest BCUT2D eigenvalue weighted by Crippen LogP contribution is -2.30. The molecule has 1 saturated heterocycles. The minimum atomic E-state index is -0.226. The minimum absolute atomic E-state index is 0.141. The molecule has 1 spiro atoms. The number of imide groups is 1. The second-order valence-corrected chi connectivity index (χ2v) is 8.59. The molecule has 6 rings (SSSR count). The fraction of sp³-hybridized carbons (Fsp3) is 0.375. The lowest BCUT2D eigenvalue weighted by atomic mass is 9.85. The van der Waals surface area contributed by atoms with Crippen LogP contribution in [-0.4, -0.2) is 29.6 Å². The van der Waals surface area contributed by atoms with E-state index in [0.717, 1.165) is 34.2 Å². The Balaban J connectivity index is 1.37. The van der Waals surface area contributed by atoms with E-state index in [4.69, 9.17) is 4.74 Å². The highest BCUT2D eigenvalue weighted by Gasteiger charge is 2.73. The van der Waals surface area contributed by atoms with Crippen LogP contribution in [0.5, 0.6) is 5.75 Å². The van der Waals surface area contributed by atoms with Gasteiger partial charge >= 0.3 is 0 Å². The summed E-state index contributed by atoms with van der Waals surface area (Å²) in [6.07, 6.45) is 8.25. The highest BCUT2D eigenvalue weighted by Crippen LogP contribution is 2.73. The molecule has 3 fully saturated rings. The standard InChI is InChI=1S/C24H22N2O3/c1-2-29-19-10-7-14-5-3-4-6-15(14)16(19)13-25-26-22(27)20-17-8-9-18(21(20)23(26)28)24(17)11-12-24/h3-10,13,17-18,20-21H,2,11-12H2,1H3/b25-13-/t17-,18+,20-,21+. The average molecular weight is 386 g/mol. The summed E-state index contributed by atoms with van der Waals surface area (Å²) in [5.74, 6) is 0.395. The summed E-state index contributed by atoms with van der Waals surface area (Å²) in [6, 6.07) is 11.9. The van der Waals surface area contributed by atoms with Crippen molar-refractivity contribution >= 4 is 28.8 Å². The van der Waals surface area contributed by atoms with E-state index in [1.54, 1.807) is 6.21 Å². The number of benzene rings is 2. The summed E-state index contributed by atoms with van der Waals surface area (Å²) < 4.78 is 5.78. The van der Waals surface area contributed by atoms with Gasteiger partial charge in [0, 0.05) is 5.56 Å². The first-order valence-corrected chi connectivity index (χ1v) is 10.4. The van der Waals surface area contributed by atoms with E-state index < -0.39 is 0 Å². The molecule has 3 aliphatic carbocycles. The van der Waals surface area contributed by atoms with Crippen molar-refractivity contribution in [3.8, 4) is 5.75 Å². The van der Waals surface area contributed by atoms with E-state index >= 15 is 0 Å². The number of amides is 2. The summed E-state index contributed by atoms with van der Waals surface area (Å²) in [5, 5.41) is 7.57. The maximum absolute atomic E-state index is 13.1. The summed E-state index contributed by atoms with van der Waals surface area (Å²) in [4.78, 5) is 26.2. The Labute approximate surface area is 169 Å². The van der Waals surface area contributed by atoms with Crippen LogP contribution in [0.3, 0.4) is 0 Å². The molecule has 2 aromatic carbocycles. The molecule has 146 valence electrons. The Bertz CT molecular complexity index is 1080. The molecule has 29 heavy (non-hydrogen) atoms. The van der Waals surface area contributed by atoms with Gasteiger partial charge in [0.25, 0.3) is 11.8 Å². The van der Waals surface area contributed by atoms with Crippen molar-refractivity contribution in [2.45, 2.75) is 19.8 Å². The van der Waals surface area contributed by atoms with Crippen LogP contribution in [-0.2, 0) is 9.59 Å². The number of nitrogens with zero attached hydrogens (tertiary/aromatic N) is 2. The lowest BCUT2D eigenvalue weighted by Gasteiger charge is -2.19. The van der Waals surface area contributed by atoms with Crippen LogP contribution in [0.25, 0.3) is 10.8 Å². The zero-order valence-corrected chi connectivity index (χ0v) is 16.2. The van der Waals surface area contributed by atoms with E-state index in [-0.39, 0.29) is 40.9 Å². The molecule has 4 aliphatic rings. The first-order chi connectivity index (χ1) is 14.2. The predicted octanol–water partition coefficient (Wildman–Crippen LogP) is 3.77. The molecule has 0 aromatic heterocycles. The van der Waals surface area contributed by atoms with Gasteiger partial charge in [-0.2, -0.15) is 10.1 Å². The van der Waals surface area contributed by atoms with Gasteiger partial charge in [-0.1, -0.05) is 42.5 Å². The van der Waals surface area contributed by atoms with Crippen molar-refractivity contribution in [2.24, 2.45) is 34.2 Å². The Hall–Kier alpha value is -2.95. The van der Waals surface area contributed by atoms with Crippen LogP contribution in [0.2, 0.25) is 0 Å². The maximum atomic E-state index is 13.1.